The predicted octanol–water partition coefficient (Wildman–Crippen LogP) is 2.32. The second-order valence-electron chi connectivity index (χ2n) is 4.49. The molecule has 2 rings (SSSR count). The highest BCUT2D eigenvalue weighted by Gasteiger charge is 2.28. The van der Waals surface area contributed by atoms with E-state index >= 15 is 0 Å². The van der Waals surface area contributed by atoms with Crippen molar-refractivity contribution in [3.8, 4) is 0 Å². The molecule has 1 aliphatic heterocycles. The summed E-state index contributed by atoms with van der Waals surface area (Å²) in [5, 5.41) is 0. The van der Waals surface area contributed by atoms with Crippen LogP contribution in [0.2, 0.25) is 0 Å². The average molecular weight is 297 g/mol. The molecule has 0 spiro atoms. The van der Waals surface area contributed by atoms with Crippen molar-refractivity contribution in [1.29, 1.82) is 0 Å². The average Bonchev–Trinajstić information content (AvgIpc) is 2.79. The lowest BCUT2D eigenvalue weighted by atomic mass is 10.1. The third-order valence-electron chi connectivity index (χ3n) is 3.34. The summed E-state index contributed by atoms with van der Waals surface area (Å²) in [6.07, 6.45) is 2.08. The molecule has 0 saturated carbocycles. The van der Waals surface area contributed by atoms with Gasteiger partial charge in [0.05, 0.1) is 0 Å². The number of nitrogens with zero attached hydrogens (tertiary/aromatic N) is 1. The van der Waals surface area contributed by atoms with Gasteiger partial charge in [0.25, 0.3) is 5.91 Å². The number of nitrogens with two attached hydrogens (primary N) is 1. The monoisotopic (exact) mass is 296 g/mol. The molecule has 1 aliphatic rings. The SMILES string of the molecule is Cc1ccc(Br)cc1C(=O)N1CCC[C@H]1CN. The molecule has 3 nitrogen and oxygen atoms in total. The van der Waals surface area contributed by atoms with Crippen molar-refractivity contribution in [2.45, 2.75) is 25.8 Å². The molecule has 1 saturated heterocycles. The Hall–Kier alpha value is -0.870. The number of carbonyl (C=O) groups excluding carboxylic acids is 1. The fourth-order valence-corrected chi connectivity index (χ4v) is 2.69. The fraction of sp³-hybridized carbons (Fsp3) is 0.462. The summed E-state index contributed by atoms with van der Waals surface area (Å²) in [5.74, 6) is 0.108. The molecule has 0 bridgehead atoms. The second-order valence-corrected chi connectivity index (χ2v) is 5.41. The summed E-state index contributed by atoms with van der Waals surface area (Å²) >= 11 is 3.41. The van der Waals surface area contributed by atoms with Crippen LogP contribution in [0.4, 0.5) is 0 Å². The highest BCUT2D eigenvalue weighted by molar-refractivity contribution is 9.10. The second kappa shape index (κ2) is 5.19. The fourth-order valence-electron chi connectivity index (χ4n) is 2.33. The van der Waals surface area contributed by atoms with E-state index in [1.807, 2.05) is 30.0 Å². The predicted molar refractivity (Wildman–Crippen MR) is 72.0 cm³/mol. The lowest BCUT2D eigenvalue weighted by Crippen LogP contribution is -2.40. The maximum atomic E-state index is 12.4. The van der Waals surface area contributed by atoms with E-state index in [0.717, 1.165) is 35.0 Å². The Morgan fingerprint density at radius 1 is 1.59 bits per heavy atom. The van der Waals surface area contributed by atoms with Gasteiger partial charge in [0.1, 0.15) is 0 Å². The van der Waals surface area contributed by atoms with E-state index in [9.17, 15) is 4.79 Å². The zero-order valence-corrected chi connectivity index (χ0v) is 11.5. The zero-order valence-electron chi connectivity index (χ0n) is 9.95. The summed E-state index contributed by atoms with van der Waals surface area (Å²) < 4.78 is 0.940. The van der Waals surface area contributed by atoms with Crippen LogP contribution in [0.25, 0.3) is 0 Å². The molecule has 0 radical (unpaired) electrons. The van der Waals surface area contributed by atoms with Gasteiger partial charge in [-0.25, -0.2) is 0 Å². The molecule has 92 valence electrons. The van der Waals surface area contributed by atoms with Gasteiger partial charge >= 0.3 is 0 Å². The molecule has 1 aromatic rings. The number of hydrogen-bond donors (Lipinski definition) is 1. The minimum absolute atomic E-state index is 0.108. The standard InChI is InChI=1S/C13H17BrN2O/c1-9-4-5-10(14)7-12(9)13(17)16-6-2-3-11(16)8-15/h4-5,7,11H,2-3,6,8,15H2,1H3/t11-/m0/s1. The van der Waals surface area contributed by atoms with Gasteiger partial charge in [-0.3, -0.25) is 4.79 Å². The van der Waals surface area contributed by atoms with Crippen LogP contribution in [0.5, 0.6) is 0 Å². The number of amides is 1. The molecule has 0 aromatic heterocycles. The Kier molecular flexibility index (Phi) is 3.84. The van der Waals surface area contributed by atoms with Gasteiger partial charge in [-0.15, -0.1) is 0 Å². The number of hydrogen-bond acceptors (Lipinski definition) is 2. The highest BCUT2D eigenvalue weighted by Crippen LogP contribution is 2.23. The van der Waals surface area contributed by atoms with Crippen molar-refractivity contribution < 1.29 is 4.79 Å². The number of likely N-dealkylation sites (tertiary alicyclic amines) is 1. The van der Waals surface area contributed by atoms with Crippen molar-refractivity contribution in [3.63, 3.8) is 0 Å². The van der Waals surface area contributed by atoms with Crippen LogP contribution >= 0.6 is 15.9 Å². The first-order valence-corrected chi connectivity index (χ1v) is 6.70. The van der Waals surface area contributed by atoms with Crippen LogP contribution in [0.15, 0.2) is 22.7 Å². The van der Waals surface area contributed by atoms with Gasteiger partial charge in [0.2, 0.25) is 0 Å². The molecule has 1 amide bonds. The summed E-state index contributed by atoms with van der Waals surface area (Å²) in [5.41, 5.74) is 7.50. The van der Waals surface area contributed by atoms with E-state index in [-0.39, 0.29) is 11.9 Å². The van der Waals surface area contributed by atoms with Crippen LogP contribution in [0.3, 0.4) is 0 Å². The Bertz CT molecular complexity index is 433. The summed E-state index contributed by atoms with van der Waals surface area (Å²) in [7, 11) is 0. The van der Waals surface area contributed by atoms with Gasteiger partial charge in [-0.1, -0.05) is 22.0 Å². The third-order valence-corrected chi connectivity index (χ3v) is 3.83. The van der Waals surface area contributed by atoms with E-state index < -0.39 is 0 Å². The maximum Gasteiger partial charge on any atom is 0.254 e. The van der Waals surface area contributed by atoms with Crippen LogP contribution in [-0.4, -0.2) is 29.9 Å². The number of carbonyl (C=O) groups is 1. The molecular formula is C13H17BrN2O. The molecular weight excluding hydrogens is 280 g/mol. The van der Waals surface area contributed by atoms with Crippen molar-refractivity contribution in [3.05, 3.63) is 33.8 Å². The molecule has 1 fully saturated rings. The summed E-state index contributed by atoms with van der Waals surface area (Å²) in [6, 6.07) is 6.02. The maximum absolute atomic E-state index is 12.4. The molecule has 2 N–H and O–H groups in total. The number of aryl methyl sites for hydroxylation is 1. The van der Waals surface area contributed by atoms with Crippen molar-refractivity contribution >= 4 is 21.8 Å². The van der Waals surface area contributed by atoms with Gasteiger partial charge in [-0.2, -0.15) is 0 Å². The first-order chi connectivity index (χ1) is 8.13. The van der Waals surface area contributed by atoms with E-state index in [2.05, 4.69) is 15.9 Å². The van der Waals surface area contributed by atoms with E-state index in [0.29, 0.717) is 6.54 Å². The van der Waals surface area contributed by atoms with E-state index in [4.69, 9.17) is 5.73 Å². The Morgan fingerprint density at radius 3 is 3.06 bits per heavy atom. The number of rotatable bonds is 2. The molecule has 4 heteroatoms. The minimum atomic E-state index is 0.108. The third kappa shape index (κ3) is 2.53. The summed E-state index contributed by atoms with van der Waals surface area (Å²) in [6.45, 7) is 3.35. The molecule has 1 atom stereocenters. The van der Waals surface area contributed by atoms with Crippen molar-refractivity contribution in [2.24, 2.45) is 5.73 Å². The molecule has 1 heterocycles. The Balaban J connectivity index is 2.27. The Morgan fingerprint density at radius 2 is 2.35 bits per heavy atom. The summed E-state index contributed by atoms with van der Waals surface area (Å²) in [4.78, 5) is 14.4. The first-order valence-electron chi connectivity index (χ1n) is 5.90. The molecule has 0 aliphatic carbocycles. The topological polar surface area (TPSA) is 46.3 Å². The first kappa shape index (κ1) is 12.6. The van der Waals surface area contributed by atoms with Gasteiger partial charge < -0.3 is 10.6 Å². The molecule has 17 heavy (non-hydrogen) atoms. The quantitative estimate of drug-likeness (QED) is 0.910. The van der Waals surface area contributed by atoms with Crippen LogP contribution in [0, 0.1) is 6.92 Å². The Labute approximate surface area is 110 Å². The number of halogens is 1. The van der Waals surface area contributed by atoms with Crippen LogP contribution in [0.1, 0.15) is 28.8 Å². The van der Waals surface area contributed by atoms with Gasteiger partial charge in [0.15, 0.2) is 0 Å². The lowest BCUT2D eigenvalue weighted by molar-refractivity contribution is 0.0740. The lowest BCUT2D eigenvalue weighted by Gasteiger charge is -2.24. The molecule has 0 unspecified atom stereocenters. The van der Waals surface area contributed by atoms with Crippen molar-refractivity contribution in [2.75, 3.05) is 13.1 Å². The minimum Gasteiger partial charge on any atom is -0.334 e. The smallest absolute Gasteiger partial charge is 0.254 e. The normalized spacial score (nSPS) is 19.7. The highest BCUT2D eigenvalue weighted by atomic mass is 79.9. The largest absolute Gasteiger partial charge is 0.334 e. The van der Waals surface area contributed by atoms with Crippen LogP contribution in [-0.2, 0) is 0 Å². The van der Waals surface area contributed by atoms with Gasteiger partial charge in [-0.05, 0) is 37.5 Å². The van der Waals surface area contributed by atoms with Crippen LogP contribution < -0.4 is 5.73 Å². The zero-order chi connectivity index (χ0) is 12.4. The van der Waals surface area contributed by atoms with E-state index in [1.165, 1.54) is 0 Å². The molecule has 1 aromatic carbocycles. The van der Waals surface area contributed by atoms with E-state index in [1.54, 1.807) is 0 Å². The van der Waals surface area contributed by atoms with Gasteiger partial charge in [0, 0.05) is 29.2 Å². The van der Waals surface area contributed by atoms with Crippen molar-refractivity contribution in [1.82, 2.24) is 4.90 Å². The number of benzene rings is 1.